The molecule has 1 N–H and O–H groups in total. The average molecular weight is 421 g/mol. The summed E-state index contributed by atoms with van der Waals surface area (Å²) in [5.74, 6) is -0.000319. The Morgan fingerprint density at radius 1 is 1.15 bits per heavy atom. The van der Waals surface area contributed by atoms with E-state index in [-0.39, 0.29) is 42.5 Å². The fourth-order valence-electron chi connectivity index (χ4n) is 3.06. The molecule has 26 heavy (non-hydrogen) atoms. The Bertz CT molecular complexity index is 531. The summed E-state index contributed by atoms with van der Waals surface area (Å²) in [5, 5.41) is 3.25. The molecule has 0 aromatic heterocycles. The van der Waals surface area contributed by atoms with Crippen molar-refractivity contribution in [1.82, 2.24) is 10.2 Å². The van der Waals surface area contributed by atoms with Gasteiger partial charge in [-0.2, -0.15) is 17.6 Å². The minimum atomic E-state index is -4.50. The van der Waals surface area contributed by atoms with Crippen molar-refractivity contribution < 1.29 is 22.3 Å². The molecule has 0 spiro atoms. The topological polar surface area (TPSA) is 24.5 Å². The Kier molecular flexibility index (Phi) is 10.8. The number of rotatable bonds is 7. The van der Waals surface area contributed by atoms with Crippen LogP contribution in [0.15, 0.2) is 24.3 Å². The molecular weight excluding hydrogens is 395 g/mol. The van der Waals surface area contributed by atoms with E-state index in [0.29, 0.717) is 5.56 Å². The summed E-state index contributed by atoms with van der Waals surface area (Å²) in [6.07, 6.45) is -7.53. The first-order valence-electron chi connectivity index (χ1n) is 8.25. The fraction of sp³-hybridized carbons (Fsp3) is 0.647. The molecule has 9 heteroatoms. The molecular formula is C17H26Cl2F4N2O. The average Bonchev–Trinajstić information content (AvgIpc) is 2.57. The van der Waals surface area contributed by atoms with Crippen molar-refractivity contribution in [3.8, 4) is 5.75 Å². The van der Waals surface area contributed by atoms with E-state index in [1.165, 1.54) is 12.1 Å². The zero-order chi connectivity index (χ0) is 17.7. The summed E-state index contributed by atoms with van der Waals surface area (Å²) in [7, 11) is 0. The van der Waals surface area contributed by atoms with E-state index >= 15 is 0 Å². The number of halogens is 6. The summed E-state index contributed by atoms with van der Waals surface area (Å²) in [5.41, 5.74) is 0.536. The molecule has 3 nitrogen and oxygen atoms in total. The van der Waals surface area contributed by atoms with Gasteiger partial charge in [-0.15, -0.1) is 24.8 Å². The van der Waals surface area contributed by atoms with Gasteiger partial charge in [-0.3, -0.25) is 4.90 Å². The number of para-hydroxylation sites is 1. The van der Waals surface area contributed by atoms with Crippen LogP contribution in [0.25, 0.3) is 0 Å². The van der Waals surface area contributed by atoms with Crippen LogP contribution in [0.1, 0.15) is 31.9 Å². The fourth-order valence-corrected chi connectivity index (χ4v) is 3.06. The molecule has 1 aromatic rings. The van der Waals surface area contributed by atoms with Crippen LogP contribution in [0.3, 0.4) is 0 Å². The SMILES string of the molecule is CCC(C)[C@@H](c1ccccc1OC(F)(F)C(F)F)N1CCNCC1.Cl.Cl. The first kappa shape index (κ1) is 25.2. The van der Waals surface area contributed by atoms with Gasteiger partial charge in [0.2, 0.25) is 0 Å². The van der Waals surface area contributed by atoms with Crippen LogP contribution in [-0.2, 0) is 0 Å². The molecule has 1 aromatic carbocycles. The molecule has 1 unspecified atom stereocenters. The van der Waals surface area contributed by atoms with Crippen molar-refractivity contribution in [3.63, 3.8) is 0 Å². The predicted octanol–water partition coefficient (Wildman–Crippen LogP) is 4.76. The van der Waals surface area contributed by atoms with Crippen LogP contribution < -0.4 is 10.1 Å². The highest BCUT2D eigenvalue weighted by molar-refractivity contribution is 5.85. The minimum Gasteiger partial charge on any atom is -0.428 e. The van der Waals surface area contributed by atoms with Crippen LogP contribution in [0.5, 0.6) is 5.75 Å². The molecule has 1 heterocycles. The van der Waals surface area contributed by atoms with E-state index < -0.39 is 12.5 Å². The first-order valence-corrected chi connectivity index (χ1v) is 8.25. The van der Waals surface area contributed by atoms with Crippen molar-refractivity contribution in [3.05, 3.63) is 29.8 Å². The monoisotopic (exact) mass is 420 g/mol. The minimum absolute atomic E-state index is 0. The zero-order valence-corrected chi connectivity index (χ0v) is 16.4. The smallest absolute Gasteiger partial charge is 0.428 e. The summed E-state index contributed by atoms with van der Waals surface area (Å²) in [4.78, 5) is 2.20. The lowest BCUT2D eigenvalue weighted by molar-refractivity contribution is -0.253. The van der Waals surface area contributed by atoms with Crippen molar-refractivity contribution in [1.29, 1.82) is 0 Å². The molecule has 152 valence electrons. The quantitative estimate of drug-likeness (QED) is 0.643. The maximum absolute atomic E-state index is 13.4. The Hall–Kier alpha value is -0.760. The third-order valence-corrected chi connectivity index (χ3v) is 4.47. The van der Waals surface area contributed by atoms with Gasteiger partial charge in [-0.1, -0.05) is 38.5 Å². The van der Waals surface area contributed by atoms with E-state index in [9.17, 15) is 17.6 Å². The van der Waals surface area contributed by atoms with Crippen molar-refractivity contribution in [2.24, 2.45) is 5.92 Å². The molecule has 1 fully saturated rings. The van der Waals surface area contributed by atoms with Crippen molar-refractivity contribution in [2.45, 2.75) is 38.8 Å². The number of nitrogens with zero attached hydrogens (tertiary/aromatic N) is 1. The number of hydrogen-bond acceptors (Lipinski definition) is 3. The van der Waals surface area contributed by atoms with Gasteiger partial charge in [-0.05, 0) is 12.0 Å². The lowest BCUT2D eigenvalue weighted by atomic mass is 9.90. The molecule has 1 aliphatic heterocycles. The highest BCUT2D eigenvalue weighted by Gasteiger charge is 2.45. The van der Waals surface area contributed by atoms with E-state index in [1.54, 1.807) is 12.1 Å². The van der Waals surface area contributed by atoms with Crippen LogP contribution in [0.4, 0.5) is 17.6 Å². The molecule has 0 saturated carbocycles. The highest BCUT2D eigenvalue weighted by atomic mass is 35.5. The zero-order valence-electron chi connectivity index (χ0n) is 14.8. The Labute approximate surface area is 164 Å². The van der Waals surface area contributed by atoms with Crippen molar-refractivity contribution in [2.75, 3.05) is 26.2 Å². The van der Waals surface area contributed by atoms with Gasteiger partial charge >= 0.3 is 12.5 Å². The van der Waals surface area contributed by atoms with Crippen LogP contribution in [0, 0.1) is 5.92 Å². The van der Waals surface area contributed by atoms with Crippen LogP contribution in [-0.4, -0.2) is 43.6 Å². The van der Waals surface area contributed by atoms with Gasteiger partial charge in [0, 0.05) is 37.8 Å². The van der Waals surface area contributed by atoms with Gasteiger partial charge in [0.05, 0.1) is 0 Å². The van der Waals surface area contributed by atoms with E-state index in [2.05, 4.69) is 15.0 Å². The number of nitrogens with one attached hydrogen (secondary N) is 1. The van der Waals surface area contributed by atoms with E-state index in [4.69, 9.17) is 0 Å². The van der Waals surface area contributed by atoms with Gasteiger partial charge in [0.1, 0.15) is 5.75 Å². The normalized spacial score (nSPS) is 17.8. The number of benzene rings is 1. The molecule has 1 saturated heterocycles. The van der Waals surface area contributed by atoms with E-state index in [1.807, 2.05) is 13.8 Å². The third kappa shape index (κ3) is 6.15. The third-order valence-electron chi connectivity index (χ3n) is 4.47. The Morgan fingerprint density at radius 2 is 1.73 bits per heavy atom. The second-order valence-electron chi connectivity index (χ2n) is 6.12. The molecule has 0 amide bonds. The van der Waals surface area contributed by atoms with Gasteiger partial charge in [-0.25, -0.2) is 0 Å². The molecule has 2 rings (SSSR count). The summed E-state index contributed by atoms with van der Waals surface area (Å²) >= 11 is 0. The maximum atomic E-state index is 13.4. The maximum Gasteiger partial charge on any atom is 0.461 e. The number of hydrogen-bond donors (Lipinski definition) is 1. The number of ether oxygens (including phenoxy) is 1. The van der Waals surface area contributed by atoms with Crippen LogP contribution >= 0.6 is 24.8 Å². The lowest BCUT2D eigenvalue weighted by Crippen LogP contribution is -2.46. The molecule has 2 atom stereocenters. The highest BCUT2D eigenvalue weighted by Crippen LogP contribution is 2.39. The standard InChI is InChI=1S/C17H24F4N2O.2ClH/c1-3-12(2)15(23-10-8-22-9-11-23)13-6-4-5-7-14(13)24-17(20,21)16(18)19;;/h4-7,12,15-16,22H,3,8-11H2,1-2H3;2*1H/t12?,15-;;/m0../s1. The number of alkyl halides is 4. The molecule has 1 aliphatic rings. The van der Waals surface area contributed by atoms with Gasteiger partial charge in [0.25, 0.3) is 0 Å². The summed E-state index contributed by atoms with van der Waals surface area (Å²) in [6, 6.07) is 6.12. The van der Waals surface area contributed by atoms with Gasteiger partial charge in [0.15, 0.2) is 0 Å². The van der Waals surface area contributed by atoms with E-state index in [0.717, 1.165) is 32.6 Å². The largest absolute Gasteiger partial charge is 0.461 e. The summed E-state index contributed by atoms with van der Waals surface area (Å²) in [6.45, 7) is 7.22. The second-order valence-corrected chi connectivity index (χ2v) is 6.12. The Balaban J connectivity index is 0.00000312. The molecule has 0 aliphatic carbocycles. The summed E-state index contributed by atoms with van der Waals surface area (Å²) < 4.78 is 56.3. The lowest BCUT2D eigenvalue weighted by Gasteiger charge is -2.39. The van der Waals surface area contributed by atoms with Gasteiger partial charge < -0.3 is 10.1 Å². The number of piperazine rings is 1. The second kappa shape index (κ2) is 11.2. The first-order chi connectivity index (χ1) is 11.4. The predicted molar refractivity (Wildman–Crippen MR) is 99.2 cm³/mol. The molecule has 0 radical (unpaired) electrons. The van der Waals surface area contributed by atoms with Crippen molar-refractivity contribution >= 4 is 24.8 Å². The van der Waals surface area contributed by atoms with Crippen LogP contribution in [0.2, 0.25) is 0 Å². The molecule has 0 bridgehead atoms. The Morgan fingerprint density at radius 3 is 2.27 bits per heavy atom.